The maximum atomic E-state index is 14.7. The highest BCUT2D eigenvalue weighted by Gasteiger charge is 2.28. The monoisotopic (exact) mass is 493 g/mol. The largest absolute Gasteiger partial charge is 0.337 e. The number of benzene rings is 1. The fourth-order valence-corrected chi connectivity index (χ4v) is 5.57. The summed E-state index contributed by atoms with van der Waals surface area (Å²) < 4.78 is 17.8. The molecule has 3 heterocycles. The van der Waals surface area contributed by atoms with Crippen molar-refractivity contribution in [1.29, 1.82) is 0 Å². The van der Waals surface area contributed by atoms with Gasteiger partial charge in [-0.25, -0.2) is 13.8 Å². The summed E-state index contributed by atoms with van der Waals surface area (Å²) in [5.74, 6) is -0.516. The lowest BCUT2D eigenvalue weighted by Gasteiger charge is -2.25. The number of aromatic nitrogens is 2. The van der Waals surface area contributed by atoms with Crippen molar-refractivity contribution in [3.05, 3.63) is 59.8 Å². The Balaban J connectivity index is 2.06. The zero-order valence-corrected chi connectivity index (χ0v) is 19.3. The van der Waals surface area contributed by atoms with E-state index in [1.807, 2.05) is 13.8 Å². The Morgan fingerprint density at radius 3 is 2.67 bits per heavy atom. The van der Waals surface area contributed by atoms with Crippen molar-refractivity contribution in [2.75, 3.05) is 6.54 Å². The fraction of sp³-hybridized carbons (Fsp3) is 0.381. The lowest BCUT2D eigenvalue weighted by molar-refractivity contribution is -0.129. The van der Waals surface area contributed by atoms with Crippen molar-refractivity contribution in [3.8, 4) is 5.69 Å². The first-order valence-corrected chi connectivity index (χ1v) is 11.3. The van der Waals surface area contributed by atoms with Crippen LogP contribution in [0.2, 0.25) is 0 Å². The molecule has 2 aromatic heterocycles. The molecule has 30 heavy (non-hydrogen) atoms. The number of carbonyl (C=O) groups excluding carboxylic acids is 1. The Labute approximate surface area is 184 Å². The van der Waals surface area contributed by atoms with Crippen LogP contribution < -0.4 is 11.2 Å². The highest BCUT2D eigenvalue weighted by Crippen LogP contribution is 2.33. The number of nitrogens with zero attached hydrogens (tertiary/aromatic N) is 3. The van der Waals surface area contributed by atoms with Crippen LogP contribution in [0.3, 0.4) is 0 Å². The molecule has 0 saturated heterocycles. The van der Waals surface area contributed by atoms with Gasteiger partial charge in [-0.2, -0.15) is 0 Å². The van der Waals surface area contributed by atoms with E-state index in [4.69, 9.17) is 0 Å². The molecule has 6 nitrogen and oxygen atoms in total. The van der Waals surface area contributed by atoms with Gasteiger partial charge in [0.1, 0.15) is 10.6 Å². The predicted molar refractivity (Wildman–Crippen MR) is 119 cm³/mol. The molecular weight excluding hydrogens is 473 g/mol. The summed E-state index contributed by atoms with van der Waals surface area (Å²) in [6, 6.07) is 4.28. The van der Waals surface area contributed by atoms with Gasteiger partial charge in [-0.1, -0.05) is 29.8 Å². The van der Waals surface area contributed by atoms with Gasteiger partial charge in [0.15, 0.2) is 0 Å². The van der Waals surface area contributed by atoms with Crippen LogP contribution in [0.4, 0.5) is 4.39 Å². The van der Waals surface area contributed by atoms with E-state index in [9.17, 15) is 18.8 Å². The van der Waals surface area contributed by atoms with E-state index < -0.39 is 17.1 Å². The number of hydrogen-bond acceptors (Lipinski definition) is 4. The van der Waals surface area contributed by atoms with E-state index in [0.717, 1.165) is 15.0 Å². The number of hydrogen-bond donors (Lipinski definition) is 0. The Bertz CT molecular complexity index is 1290. The highest BCUT2D eigenvalue weighted by molar-refractivity contribution is 9.10. The Morgan fingerprint density at radius 2 is 2.03 bits per heavy atom. The van der Waals surface area contributed by atoms with Gasteiger partial charge in [-0.05, 0) is 36.1 Å². The minimum absolute atomic E-state index is 0.0213. The summed E-state index contributed by atoms with van der Waals surface area (Å²) in [5, 5.41) is 0.459. The van der Waals surface area contributed by atoms with Crippen molar-refractivity contribution < 1.29 is 9.18 Å². The van der Waals surface area contributed by atoms with Gasteiger partial charge in [-0.3, -0.25) is 14.2 Å². The third-order valence-electron chi connectivity index (χ3n) is 5.27. The van der Waals surface area contributed by atoms with Gasteiger partial charge in [0.2, 0.25) is 5.91 Å². The Morgan fingerprint density at radius 1 is 1.30 bits per heavy atom. The molecular formula is C21H21BrFN3O3S. The molecule has 1 amide bonds. The van der Waals surface area contributed by atoms with E-state index in [0.29, 0.717) is 40.7 Å². The van der Waals surface area contributed by atoms with Gasteiger partial charge >= 0.3 is 5.69 Å². The normalized spacial score (nSPS) is 13.9. The van der Waals surface area contributed by atoms with E-state index in [2.05, 4.69) is 15.9 Å². The topological polar surface area (TPSA) is 64.3 Å². The second kappa shape index (κ2) is 7.77. The van der Waals surface area contributed by atoms with E-state index in [-0.39, 0.29) is 17.5 Å². The summed E-state index contributed by atoms with van der Waals surface area (Å²) in [5.41, 5.74) is -0.260. The number of fused-ring (bicyclic) bond motifs is 3. The predicted octanol–water partition coefficient (Wildman–Crippen LogP) is 3.68. The second-order valence-electron chi connectivity index (χ2n) is 7.90. The molecule has 0 atom stereocenters. The summed E-state index contributed by atoms with van der Waals surface area (Å²) in [6.07, 6.45) is 0.535. The molecule has 0 radical (unpaired) electrons. The van der Waals surface area contributed by atoms with Crippen LogP contribution in [0, 0.1) is 11.7 Å². The summed E-state index contributed by atoms with van der Waals surface area (Å²) in [7, 11) is 0. The molecule has 0 aliphatic carbocycles. The minimum atomic E-state index is -0.647. The molecule has 0 bridgehead atoms. The summed E-state index contributed by atoms with van der Waals surface area (Å²) >= 11 is 4.59. The number of carbonyl (C=O) groups is 1. The lowest BCUT2D eigenvalue weighted by atomic mass is 10.1. The van der Waals surface area contributed by atoms with Crippen molar-refractivity contribution in [1.82, 2.24) is 14.0 Å². The van der Waals surface area contributed by atoms with Crippen molar-refractivity contribution in [3.63, 3.8) is 0 Å². The van der Waals surface area contributed by atoms with Gasteiger partial charge < -0.3 is 4.90 Å². The number of thiophene rings is 1. The third-order valence-corrected chi connectivity index (χ3v) is 7.00. The number of halogens is 2. The van der Waals surface area contributed by atoms with Gasteiger partial charge in [-0.15, -0.1) is 11.3 Å². The molecule has 0 spiro atoms. The summed E-state index contributed by atoms with van der Waals surface area (Å²) in [4.78, 5) is 41.9. The van der Waals surface area contributed by atoms with E-state index in [1.54, 1.807) is 15.5 Å². The second-order valence-corrected chi connectivity index (χ2v) is 9.90. The molecule has 9 heteroatoms. The molecule has 0 unspecified atom stereocenters. The molecule has 1 aliphatic heterocycles. The molecule has 0 N–H and O–H groups in total. The zero-order valence-electron chi connectivity index (χ0n) is 16.9. The Hall–Kier alpha value is -2.26. The number of amides is 1. The maximum Gasteiger partial charge on any atom is 0.336 e. The smallest absolute Gasteiger partial charge is 0.336 e. The molecule has 0 fully saturated rings. The van der Waals surface area contributed by atoms with Crippen LogP contribution in [0.15, 0.2) is 32.3 Å². The van der Waals surface area contributed by atoms with Crippen LogP contribution in [0.1, 0.15) is 31.2 Å². The highest BCUT2D eigenvalue weighted by atomic mass is 79.9. The van der Waals surface area contributed by atoms with Crippen LogP contribution >= 0.6 is 27.3 Å². The van der Waals surface area contributed by atoms with Gasteiger partial charge in [0.25, 0.3) is 5.56 Å². The quantitative estimate of drug-likeness (QED) is 0.558. The lowest BCUT2D eigenvalue weighted by Crippen LogP contribution is -2.40. The van der Waals surface area contributed by atoms with Crippen molar-refractivity contribution in [2.45, 2.75) is 40.3 Å². The maximum absolute atomic E-state index is 14.7. The Kier molecular flexibility index (Phi) is 5.44. The standard InChI is InChI=1S/C21H21BrFN3O3S/c1-11(2)9-25-20-18(14-6-7-24(12(3)27)10-17(14)30-20)19(28)26(21(25)29)16-5-4-13(22)8-15(16)23/h4-5,8,11H,6-7,9-10H2,1-3H3. The first-order valence-electron chi connectivity index (χ1n) is 9.70. The van der Waals surface area contributed by atoms with Crippen LogP contribution in [0.5, 0.6) is 0 Å². The summed E-state index contributed by atoms with van der Waals surface area (Å²) in [6.45, 7) is 6.84. The van der Waals surface area contributed by atoms with Crippen LogP contribution in [0.25, 0.3) is 15.9 Å². The SMILES string of the molecule is CC(=O)N1CCc2c(sc3c2c(=O)n(-c2ccc(Br)cc2F)c(=O)n3CC(C)C)C1. The molecule has 158 valence electrons. The van der Waals surface area contributed by atoms with Crippen molar-refractivity contribution >= 4 is 43.4 Å². The fourth-order valence-electron chi connectivity index (χ4n) is 3.88. The average molecular weight is 494 g/mol. The zero-order chi connectivity index (χ0) is 21.7. The van der Waals surface area contributed by atoms with E-state index >= 15 is 0 Å². The number of rotatable bonds is 3. The molecule has 0 saturated carbocycles. The molecule has 1 aromatic carbocycles. The van der Waals surface area contributed by atoms with Crippen molar-refractivity contribution in [2.24, 2.45) is 5.92 Å². The minimum Gasteiger partial charge on any atom is -0.337 e. The van der Waals surface area contributed by atoms with Gasteiger partial charge in [0, 0.05) is 29.4 Å². The first-order chi connectivity index (χ1) is 14.2. The van der Waals surface area contributed by atoms with Crippen LogP contribution in [-0.4, -0.2) is 26.5 Å². The average Bonchev–Trinajstić information content (AvgIpc) is 3.05. The van der Waals surface area contributed by atoms with Gasteiger partial charge in [0.05, 0.1) is 17.6 Å². The molecule has 3 aromatic rings. The first kappa shape index (κ1) is 21.0. The van der Waals surface area contributed by atoms with Crippen LogP contribution in [-0.2, 0) is 24.3 Å². The molecule has 4 rings (SSSR count). The third kappa shape index (κ3) is 3.43. The molecule has 1 aliphatic rings. The van der Waals surface area contributed by atoms with E-state index in [1.165, 1.54) is 30.4 Å².